The summed E-state index contributed by atoms with van der Waals surface area (Å²) in [4.78, 5) is 21.7. The molecule has 4 aliphatic carbocycles. The standard InChI is InChI=1S/C22H32N4O3S/c1-2-5-30(28,29)26-4-3-18-19(13-26)23-14-24-21(18)25-20(27)12-22-9-15-6-16(10-22)8-17(7-15)11-22/h14-17H,2-13H2,1H3,(H,23,24,25,27). The van der Waals surface area contributed by atoms with E-state index in [1.54, 1.807) is 0 Å². The van der Waals surface area contributed by atoms with Crippen molar-refractivity contribution < 1.29 is 13.2 Å². The highest BCUT2D eigenvalue weighted by molar-refractivity contribution is 7.89. The highest BCUT2D eigenvalue weighted by atomic mass is 32.2. The van der Waals surface area contributed by atoms with Crippen LogP contribution in [0.1, 0.15) is 69.5 Å². The van der Waals surface area contributed by atoms with E-state index in [1.807, 2.05) is 6.92 Å². The molecule has 0 unspecified atom stereocenters. The Bertz CT molecular complexity index is 910. The van der Waals surface area contributed by atoms with Crippen LogP contribution in [0.3, 0.4) is 0 Å². The molecule has 30 heavy (non-hydrogen) atoms. The Kier molecular flexibility index (Phi) is 5.13. The second kappa shape index (κ2) is 7.55. The molecule has 0 saturated heterocycles. The molecule has 4 bridgehead atoms. The Morgan fingerprint density at radius 1 is 1.17 bits per heavy atom. The van der Waals surface area contributed by atoms with Crippen LogP contribution in [0.5, 0.6) is 0 Å². The molecule has 1 aromatic heterocycles. The maximum absolute atomic E-state index is 13.0. The Morgan fingerprint density at radius 3 is 2.47 bits per heavy atom. The molecule has 7 nitrogen and oxygen atoms in total. The molecule has 4 fully saturated rings. The Labute approximate surface area is 179 Å². The number of amides is 1. The zero-order chi connectivity index (χ0) is 20.9. The minimum absolute atomic E-state index is 0.0545. The molecule has 2 heterocycles. The molecule has 5 aliphatic rings. The lowest BCUT2D eigenvalue weighted by Gasteiger charge is -2.56. The van der Waals surface area contributed by atoms with Gasteiger partial charge in [-0.15, -0.1) is 0 Å². The number of carbonyl (C=O) groups is 1. The third-order valence-electron chi connectivity index (χ3n) is 7.79. The fourth-order valence-corrected chi connectivity index (χ4v) is 8.55. The van der Waals surface area contributed by atoms with Crippen LogP contribution in [0.15, 0.2) is 6.33 Å². The third-order valence-corrected chi connectivity index (χ3v) is 9.81. The van der Waals surface area contributed by atoms with Gasteiger partial charge in [0.1, 0.15) is 12.1 Å². The summed E-state index contributed by atoms with van der Waals surface area (Å²) in [6.45, 7) is 2.55. The third kappa shape index (κ3) is 3.77. The molecular formula is C22H32N4O3S. The number of rotatable bonds is 6. The molecule has 1 aliphatic heterocycles. The van der Waals surface area contributed by atoms with Crippen molar-refractivity contribution in [3.8, 4) is 0 Å². The minimum atomic E-state index is -3.26. The first-order valence-electron chi connectivity index (χ1n) is 11.5. The number of anilines is 1. The van der Waals surface area contributed by atoms with Crippen LogP contribution in [0.4, 0.5) is 5.82 Å². The maximum atomic E-state index is 13.0. The van der Waals surface area contributed by atoms with Gasteiger partial charge in [0, 0.05) is 18.5 Å². The van der Waals surface area contributed by atoms with Crippen molar-refractivity contribution in [2.45, 2.75) is 71.3 Å². The van der Waals surface area contributed by atoms with Crippen LogP contribution < -0.4 is 5.32 Å². The first kappa shape index (κ1) is 20.4. The molecule has 0 atom stereocenters. The highest BCUT2D eigenvalue weighted by Gasteiger charge is 2.51. The fraction of sp³-hybridized carbons (Fsp3) is 0.773. The lowest BCUT2D eigenvalue weighted by molar-refractivity contribution is -0.124. The molecule has 164 valence electrons. The Morgan fingerprint density at radius 2 is 1.83 bits per heavy atom. The number of fused-ring (bicyclic) bond motifs is 1. The van der Waals surface area contributed by atoms with E-state index < -0.39 is 10.0 Å². The first-order valence-corrected chi connectivity index (χ1v) is 13.1. The van der Waals surface area contributed by atoms with Crippen molar-refractivity contribution in [3.05, 3.63) is 17.6 Å². The van der Waals surface area contributed by atoms with Crippen LogP contribution in [0, 0.1) is 23.2 Å². The van der Waals surface area contributed by atoms with Crippen molar-refractivity contribution in [3.63, 3.8) is 0 Å². The summed E-state index contributed by atoms with van der Waals surface area (Å²) in [5.74, 6) is 3.26. The first-order chi connectivity index (χ1) is 14.4. The molecule has 0 spiro atoms. The summed E-state index contributed by atoms with van der Waals surface area (Å²) >= 11 is 0. The van der Waals surface area contributed by atoms with Gasteiger partial charge in [0.15, 0.2) is 0 Å². The Hall–Kier alpha value is -1.54. The van der Waals surface area contributed by atoms with Gasteiger partial charge in [0.25, 0.3) is 0 Å². The van der Waals surface area contributed by atoms with Gasteiger partial charge in [0.05, 0.1) is 18.0 Å². The van der Waals surface area contributed by atoms with E-state index in [1.165, 1.54) is 49.2 Å². The van der Waals surface area contributed by atoms with E-state index in [4.69, 9.17) is 0 Å². The molecule has 0 aromatic carbocycles. The van der Waals surface area contributed by atoms with Crippen molar-refractivity contribution in [2.24, 2.45) is 23.2 Å². The predicted octanol–water partition coefficient (Wildman–Crippen LogP) is 3.12. The average Bonchev–Trinajstić information content (AvgIpc) is 2.66. The van der Waals surface area contributed by atoms with Gasteiger partial charge >= 0.3 is 0 Å². The molecular weight excluding hydrogens is 400 g/mol. The molecule has 6 rings (SSSR count). The quantitative estimate of drug-likeness (QED) is 0.746. The largest absolute Gasteiger partial charge is 0.310 e. The van der Waals surface area contributed by atoms with Crippen molar-refractivity contribution in [1.29, 1.82) is 0 Å². The number of nitrogens with zero attached hydrogens (tertiary/aromatic N) is 3. The Balaban J connectivity index is 1.28. The SMILES string of the molecule is CCCS(=O)(=O)N1CCc2c(ncnc2NC(=O)CC23CC4CC(CC(C4)C2)C3)C1. The van der Waals surface area contributed by atoms with E-state index in [0.717, 1.165) is 23.3 Å². The molecule has 4 saturated carbocycles. The number of aromatic nitrogens is 2. The van der Waals surface area contributed by atoms with Gasteiger partial charge in [0.2, 0.25) is 15.9 Å². The maximum Gasteiger partial charge on any atom is 0.226 e. The summed E-state index contributed by atoms with van der Waals surface area (Å²) in [6.07, 6.45) is 10.9. The van der Waals surface area contributed by atoms with Crippen molar-refractivity contribution in [2.75, 3.05) is 17.6 Å². The number of nitrogens with one attached hydrogen (secondary N) is 1. The van der Waals surface area contributed by atoms with Crippen LogP contribution in [-0.4, -0.2) is 40.9 Å². The predicted molar refractivity (Wildman–Crippen MR) is 114 cm³/mol. The molecule has 0 radical (unpaired) electrons. The van der Waals surface area contributed by atoms with Gasteiger partial charge in [-0.1, -0.05) is 6.92 Å². The normalized spacial score (nSPS) is 32.8. The number of hydrogen-bond donors (Lipinski definition) is 1. The second-order valence-electron chi connectivity index (χ2n) is 10.2. The average molecular weight is 433 g/mol. The molecule has 1 aromatic rings. The van der Waals surface area contributed by atoms with Crippen molar-refractivity contribution in [1.82, 2.24) is 14.3 Å². The second-order valence-corrected chi connectivity index (χ2v) is 12.3. The van der Waals surface area contributed by atoms with Gasteiger partial charge < -0.3 is 5.32 Å². The fourth-order valence-electron chi connectivity index (χ4n) is 7.09. The van der Waals surface area contributed by atoms with Crippen LogP contribution >= 0.6 is 0 Å². The molecule has 1 amide bonds. The van der Waals surface area contributed by atoms with Gasteiger partial charge in [-0.05, 0) is 74.5 Å². The monoisotopic (exact) mass is 432 g/mol. The lowest BCUT2D eigenvalue weighted by Crippen LogP contribution is -2.47. The van der Waals surface area contributed by atoms with Crippen LogP contribution in [0.2, 0.25) is 0 Å². The zero-order valence-corrected chi connectivity index (χ0v) is 18.6. The van der Waals surface area contributed by atoms with Crippen molar-refractivity contribution >= 4 is 21.7 Å². The molecule has 1 N–H and O–H groups in total. The van der Waals surface area contributed by atoms with Gasteiger partial charge in [-0.3, -0.25) is 4.79 Å². The summed E-state index contributed by atoms with van der Waals surface area (Å²) in [5.41, 5.74) is 1.79. The lowest BCUT2D eigenvalue weighted by atomic mass is 9.49. The van der Waals surface area contributed by atoms with E-state index in [2.05, 4.69) is 15.3 Å². The van der Waals surface area contributed by atoms with Gasteiger partial charge in [-0.2, -0.15) is 4.31 Å². The highest BCUT2D eigenvalue weighted by Crippen LogP contribution is 2.61. The van der Waals surface area contributed by atoms with Gasteiger partial charge in [-0.25, -0.2) is 18.4 Å². The summed E-state index contributed by atoms with van der Waals surface area (Å²) < 4.78 is 26.4. The van der Waals surface area contributed by atoms with E-state index in [0.29, 0.717) is 37.3 Å². The van der Waals surface area contributed by atoms with E-state index >= 15 is 0 Å². The van der Waals surface area contributed by atoms with E-state index in [-0.39, 0.29) is 23.6 Å². The molecule has 8 heteroatoms. The number of carbonyl (C=O) groups excluding carboxylic acids is 1. The number of hydrogen-bond acceptors (Lipinski definition) is 5. The summed E-state index contributed by atoms with van der Waals surface area (Å²) in [5, 5.41) is 3.07. The summed E-state index contributed by atoms with van der Waals surface area (Å²) in [7, 11) is -3.26. The van der Waals surface area contributed by atoms with Crippen LogP contribution in [-0.2, 0) is 27.8 Å². The smallest absolute Gasteiger partial charge is 0.226 e. The van der Waals surface area contributed by atoms with Crippen LogP contribution in [0.25, 0.3) is 0 Å². The zero-order valence-electron chi connectivity index (χ0n) is 17.8. The van der Waals surface area contributed by atoms with E-state index in [9.17, 15) is 13.2 Å². The topological polar surface area (TPSA) is 92.3 Å². The summed E-state index contributed by atoms with van der Waals surface area (Å²) in [6, 6.07) is 0. The number of sulfonamides is 1. The minimum Gasteiger partial charge on any atom is -0.310 e.